The first-order valence-corrected chi connectivity index (χ1v) is 12.1. The summed E-state index contributed by atoms with van der Waals surface area (Å²) in [7, 11) is 1.55. The highest BCUT2D eigenvalue weighted by Gasteiger charge is 2.34. The van der Waals surface area contributed by atoms with Crippen LogP contribution >= 0.6 is 11.6 Å². The van der Waals surface area contributed by atoms with Crippen molar-refractivity contribution in [3.8, 4) is 5.75 Å². The third-order valence-corrected chi connectivity index (χ3v) is 5.52. The fourth-order valence-corrected chi connectivity index (χ4v) is 3.78. The van der Waals surface area contributed by atoms with E-state index in [1.165, 1.54) is 4.90 Å². The second-order valence-electron chi connectivity index (χ2n) is 9.53. The summed E-state index contributed by atoms with van der Waals surface area (Å²) >= 11 is 6.09. The zero-order valence-corrected chi connectivity index (χ0v) is 22.3. The summed E-state index contributed by atoms with van der Waals surface area (Å²) in [5.74, 6) is 0.237. The van der Waals surface area contributed by atoms with Crippen LogP contribution in [0.25, 0.3) is 0 Å². The number of carbonyl (C=O) groups is 3. The number of hydrogen-bond donors (Lipinski definition) is 2. The van der Waals surface area contributed by atoms with Crippen LogP contribution in [0.1, 0.15) is 51.0 Å². The molecule has 3 amide bonds. The van der Waals surface area contributed by atoms with Gasteiger partial charge in [-0.3, -0.25) is 19.3 Å². The van der Waals surface area contributed by atoms with E-state index in [1.54, 1.807) is 68.6 Å². The van der Waals surface area contributed by atoms with Gasteiger partial charge in [0.05, 0.1) is 7.11 Å². The van der Waals surface area contributed by atoms with Gasteiger partial charge in [-0.05, 0) is 69.7 Å². The molecule has 1 unspecified atom stereocenters. The van der Waals surface area contributed by atoms with Gasteiger partial charge in [-0.15, -0.1) is 0 Å². The Bertz CT molecular complexity index is 1230. The van der Waals surface area contributed by atoms with Gasteiger partial charge in [-0.25, -0.2) is 0 Å². The van der Waals surface area contributed by atoms with Crippen LogP contribution in [-0.2, 0) is 14.4 Å². The molecule has 0 fully saturated rings. The first kappa shape index (κ1) is 27.7. The molecule has 37 heavy (non-hydrogen) atoms. The highest BCUT2D eigenvalue weighted by atomic mass is 35.5. The molecule has 2 aromatic carbocycles. The summed E-state index contributed by atoms with van der Waals surface area (Å²) in [5.41, 5.74) is 0.492. The SMILES string of the molecule is COc1ccc(C(C(=O)NC(C)(C)C)N(C(=O)CCC(=O)Nc2cc(C)on2)c2ccc(Cl)cc2)cc1. The number of nitrogens with zero attached hydrogens (tertiary/aromatic N) is 2. The van der Waals surface area contributed by atoms with Crippen molar-refractivity contribution in [2.75, 3.05) is 17.3 Å². The number of aryl methyl sites for hydroxylation is 1. The molecule has 0 radical (unpaired) electrons. The molecule has 1 heterocycles. The number of aromatic nitrogens is 1. The first-order chi connectivity index (χ1) is 17.5. The van der Waals surface area contributed by atoms with Crippen LogP contribution in [0.5, 0.6) is 5.75 Å². The van der Waals surface area contributed by atoms with Crippen LogP contribution in [0.15, 0.2) is 59.1 Å². The number of carbonyl (C=O) groups excluding carboxylic acids is 3. The monoisotopic (exact) mass is 526 g/mol. The number of hydrogen-bond acceptors (Lipinski definition) is 6. The van der Waals surface area contributed by atoms with Gasteiger partial charge in [0.1, 0.15) is 17.6 Å². The second kappa shape index (κ2) is 11.9. The maximum absolute atomic E-state index is 13.7. The highest BCUT2D eigenvalue weighted by molar-refractivity contribution is 6.30. The van der Waals surface area contributed by atoms with Crippen molar-refractivity contribution in [1.82, 2.24) is 10.5 Å². The molecular weight excluding hydrogens is 496 g/mol. The predicted octanol–water partition coefficient (Wildman–Crippen LogP) is 5.05. The molecule has 0 saturated heterocycles. The lowest BCUT2D eigenvalue weighted by atomic mass is 10.00. The summed E-state index contributed by atoms with van der Waals surface area (Å²) in [6, 6.07) is 14.1. The fourth-order valence-electron chi connectivity index (χ4n) is 3.65. The molecule has 0 aliphatic carbocycles. The number of ether oxygens (including phenoxy) is 1. The topological polar surface area (TPSA) is 114 Å². The summed E-state index contributed by atoms with van der Waals surface area (Å²) < 4.78 is 10.2. The third kappa shape index (κ3) is 7.82. The number of rotatable bonds is 9. The Morgan fingerprint density at radius 1 is 1.05 bits per heavy atom. The molecule has 0 bridgehead atoms. The van der Waals surface area contributed by atoms with Crippen LogP contribution < -0.4 is 20.3 Å². The second-order valence-corrected chi connectivity index (χ2v) is 9.96. The van der Waals surface area contributed by atoms with Gasteiger partial charge in [0, 0.05) is 35.2 Å². The number of benzene rings is 2. The number of anilines is 2. The van der Waals surface area contributed by atoms with Crippen molar-refractivity contribution in [3.63, 3.8) is 0 Å². The van der Waals surface area contributed by atoms with E-state index < -0.39 is 23.4 Å². The van der Waals surface area contributed by atoms with Crippen molar-refractivity contribution in [1.29, 1.82) is 0 Å². The Labute approximate surface area is 221 Å². The Morgan fingerprint density at radius 3 is 2.24 bits per heavy atom. The Morgan fingerprint density at radius 2 is 1.70 bits per heavy atom. The zero-order valence-electron chi connectivity index (χ0n) is 21.5. The normalized spacial score (nSPS) is 11.9. The molecule has 0 aliphatic rings. The molecule has 3 rings (SSSR count). The van der Waals surface area contributed by atoms with E-state index in [0.29, 0.717) is 27.8 Å². The first-order valence-electron chi connectivity index (χ1n) is 11.7. The third-order valence-electron chi connectivity index (χ3n) is 5.27. The Kier molecular flexibility index (Phi) is 8.94. The number of amides is 3. The quantitative estimate of drug-likeness (QED) is 0.403. The average Bonchev–Trinajstić information content (AvgIpc) is 3.25. The lowest BCUT2D eigenvalue weighted by Crippen LogP contribution is -2.49. The highest BCUT2D eigenvalue weighted by Crippen LogP contribution is 2.31. The van der Waals surface area contributed by atoms with Gasteiger partial charge >= 0.3 is 0 Å². The lowest BCUT2D eigenvalue weighted by Gasteiger charge is -2.34. The zero-order chi connectivity index (χ0) is 27.2. The minimum absolute atomic E-state index is 0.120. The van der Waals surface area contributed by atoms with Crippen molar-refractivity contribution in [3.05, 3.63) is 70.9 Å². The molecule has 1 aromatic heterocycles. The summed E-state index contributed by atoms with van der Waals surface area (Å²) in [5, 5.41) is 9.80. The van der Waals surface area contributed by atoms with Crippen molar-refractivity contribution < 1.29 is 23.6 Å². The van der Waals surface area contributed by atoms with E-state index >= 15 is 0 Å². The van der Waals surface area contributed by atoms with Crippen LogP contribution in [-0.4, -0.2) is 35.5 Å². The van der Waals surface area contributed by atoms with Crippen LogP contribution in [0, 0.1) is 6.92 Å². The van der Waals surface area contributed by atoms with Crippen LogP contribution in [0.3, 0.4) is 0 Å². The van der Waals surface area contributed by atoms with E-state index in [0.717, 1.165) is 0 Å². The fraction of sp³-hybridized carbons (Fsp3) is 0.333. The van der Waals surface area contributed by atoms with E-state index in [1.807, 2.05) is 20.8 Å². The van der Waals surface area contributed by atoms with Crippen molar-refractivity contribution in [2.45, 2.75) is 52.1 Å². The van der Waals surface area contributed by atoms with Crippen LogP contribution in [0.4, 0.5) is 11.5 Å². The van der Waals surface area contributed by atoms with Gasteiger partial charge in [0.25, 0.3) is 0 Å². The molecule has 10 heteroatoms. The molecule has 0 saturated carbocycles. The lowest BCUT2D eigenvalue weighted by molar-refractivity contribution is -0.128. The van der Waals surface area contributed by atoms with Gasteiger partial charge in [0.15, 0.2) is 5.82 Å². The van der Waals surface area contributed by atoms with Gasteiger partial charge < -0.3 is 19.9 Å². The van der Waals surface area contributed by atoms with E-state index in [-0.39, 0.29) is 24.6 Å². The largest absolute Gasteiger partial charge is 0.497 e. The molecule has 9 nitrogen and oxygen atoms in total. The summed E-state index contributed by atoms with van der Waals surface area (Å²) in [4.78, 5) is 41.2. The molecule has 0 aliphatic heterocycles. The molecule has 0 spiro atoms. The predicted molar refractivity (Wildman–Crippen MR) is 142 cm³/mol. The van der Waals surface area contributed by atoms with E-state index in [9.17, 15) is 14.4 Å². The minimum atomic E-state index is -1.01. The number of halogens is 1. The molecule has 3 aromatic rings. The molecular formula is C27H31ClN4O5. The molecule has 1 atom stereocenters. The molecule has 196 valence electrons. The van der Waals surface area contributed by atoms with Crippen molar-refractivity contribution in [2.24, 2.45) is 0 Å². The van der Waals surface area contributed by atoms with E-state index in [4.69, 9.17) is 20.9 Å². The smallest absolute Gasteiger partial charge is 0.248 e. The van der Waals surface area contributed by atoms with Crippen LogP contribution in [0.2, 0.25) is 5.02 Å². The van der Waals surface area contributed by atoms with Crippen molar-refractivity contribution >= 4 is 40.8 Å². The summed E-state index contributed by atoms with van der Waals surface area (Å²) in [6.45, 7) is 7.29. The van der Waals surface area contributed by atoms with E-state index in [2.05, 4.69) is 15.8 Å². The Hall–Kier alpha value is -3.85. The summed E-state index contributed by atoms with van der Waals surface area (Å²) in [6.07, 6.45) is -0.272. The Balaban J connectivity index is 1.95. The maximum atomic E-state index is 13.7. The van der Waals surface area contributed by atoms with Gasteiger partial charge in [-0.2, -0.15) is 0 Å². The standard InChI is InChI=1S/C27H31ClN4O5/c1-17-16-22(31-37-17)29-23(33)14-15-24(34)32(20-10-8-19(28)9-11-20)25(26(35)30-27(2,3)4)18-6-12-21(36-5)13-7-18/h6-13,16,25H,14-15H2,1-5H3,(H,30,35)(H,29,31,33). The van der Waals surface area contributed by atoms with Gasteiger partial charge in [0.2, 0.25) is 17.7 Å². The number of nitrogens with one attached hydrogen (secondary N) is 2. The number of methoxy groups -OCH3 is 1. The molecule has 2 N–H and O–H groups in total. The average molecular weight is 527 g/mol. The maximum Gasteiger partial charge on any atom is 0.248 e. The minimum Gasteiger partial charge on any atom is -0.497 e. The van der Waals surface area contributed by atoms with Gasteiger partial charge in [-0.1, -0.05) is 28.9 Å².